The monoisotopic (exact) mass is 702 g/mol. The third kappa shape index (κ3) is 5.68. The molecule has 4 nitrogen and oxygen atoms in total. The van der Waals surface area contributed by atoms with Crippen LogP contribution in [0, 0.1) is 0 Å². The second-order valence-electron chi connectivity index (χ2n) is 13.7. The van der Waals surface area contributed by atoms with Gasteiger partial charge in [0, 0.05) is 38.5 Å². The molecule has 0 saturated carbocycles. The van der Waals surface area contributed by atoms with Crippen molar-refractivity contribution in [2.45, 2.75) is 0 Å². The van der Waals surface area contributed by atoms with E-state index in [1.54, 1.807) is 0 Å². The quantitative estimate of drug-likeness (QED) is 0.180. The maximum absolute atomic E-state index is 5.05. The molecule has 10 rings (SSSR count). The molecule has 0 spiro atoms. The van der Waals surface area contributed by atoms with E-state index < -0.39 is 0 Å². The first-order valence-electron chi connectivity index (χ1n) is 18.5. The van der Waals surface area contributed by atoms with E-state index >= 15 is 0 Å². The van der Waals surface area contributed by atoms with Crippen LogP contribution in [0.15, 0.2) is 200 Å². The maximum atomic E-state index is 5.05. The van der Waals surface area contributed by atoms with Crippen molar-refractivity contribution in [3.63, 3.8) is 0 Å². The number of aromatic nitrogens is 4. The second kappa shape index (κ2) is 13.8. The van der Waals surface area contributed by atoms with Gasteiger partial charge in [-0.05, 0) is 61.9 Å². The number of nitrogens with zero attached hydrogens (tertiary/aromatic N) is 3. The highest BCUT2D eigenvalue weighted by Crippen LogP contribution is 2.52. The van der Waals surface area contributed by atoms with Crippen molar-refractivity contribution >= 4 is 21.8 Å². The molecule has 1 N–H and O–H groups in total. The van der Waals surface area contributed by atoms with Gasteiger partial charge in [-0.25, -0.2) is 0 Å². The second-order valence-corrected chi connectivity index (χ2v) is 13.7. The Balaban J connectivity index is 1.44. The molecule has 0 aliphatic heterocycles. The lowest BCUT2D eigenvalue weighted by molar-refractivity contribution is 0.879. The Morgan fingerprint density at radius 2 is 0.782 bits per heavy atom. The Bertz CT molecular complexity index is 2950. The van der Waals surface area contributed by atoms with Crippen LogP contribution in [0.25, 0.3) is 100.0 Å². The van der Waals surface area contributed by atoms with Crippen molar-refractivity contribution in [3.05, 3.63) is 200 Å². The van der Waals surface area contributed by atoms with Crippen molar-refractivity contribution in [2.24, 2.45) is 0 Å². The maximum Gasteiger partial charge on any atom is 0.108 e. The van der Waals surface area contributed by atoms with Crippen LogP contribution in [0.2, 0.25) is 0 Å². The molecule has 10 aromatic rings. The van der Waals surface area contributed by atoms with E-state index in [0.29, 0.717) is 0 Å². The summed E-state index contributed by atoms with van der Waals surface area (Å²) in [5, 5.41) is 16.6. The molecule has 0 bridgehead atoms. The molecule has 0 fully saturated rings. The molecule has 2 aromatic heterocycles. The number of aromatic amines is 1. The number of hydrogen-bond acceptors (Lipinski definition) is 3. The zero-order valence-electron chi connectivity index (χ0n) is 29.9. The number of rotatable bonds is 7. The Hall–Kier alpha value is -7.43. The van der Waals surface area contributed by atoms with Crippen molar-refractivity contribution in [1.29, 1.82) is 0 Å². The van der Waals surface area contributed by atoms with E-state index in [1.165, 1.54) is 0 Å². The molecule has 0 saturated heterocycles. The Kier molecular flexibility index (Phi) is 8.12. The van der Waals surface area contributed by atoms with E-state index in [0.717, 1.165) is 100.0 Å². The first-order valence-corrected chi connectivity index (χ1v) is 18.5. The third-order valence-electron chi connectivity index (χ3n) is 10.5. The minimum Gasteiger partial charge on any atom is -0.354 e. The lowest BCUT2D eigenvalue weighted by Gasteiger charge is -2.23. The number of para-hydroxylation sites is 1. The van der Waals surface area contributed by atoms with Gasteiger partial charge in [-0.1, -0.05) is 188 Å². The number of benzene rings is 8. The highest BCUT2D eigenvalue weighted by molar-refractivity contribution is 6.20. The summed E-state index contributed by atoms with van der Waals surface area (Å²) in [5.74, 6) is 0. The fourth-order valence-corrected chi connectivity index (χ4v) is 8.05. The third-order valence-corrected chi connectivity index (χ3v) is 10.5. The highest BCUT2D eigenvalue weighted by atomic mass is 15.3. The lowest BCUT2D eigenvalue weighted by Crippen LogP contribution is -2.03. The SMILES string of the molecule is c1ccc(-c2ccccc2-c2cc3c([nH]c4ccccc43)c(-c3nnnc(-c4ccccc4)c3-c3ccccc3)c2-c2ccccc2-c2ccccc2)cc1. The molecular formula is C51H34N4. The Morgan fingerprint density at radius 1 is 0.309 bits per heavy atom. The number of hydrogen-bond donors (Lipinski definition) is 1. The minimum absolute atomic E-state index is 0.758. The molecule has 258 valence electrons. The van der Waals surface area contributed by atoms with E-state index in [9.17, 15) is 0 Å². The van der Waals surface area contributed by atoms with Crippen LogP contribution >= 0.6 is 0 Å². The number of nitrogens with one attached hydrogen (secondary N) is 1. The summed E-state index contributed by atoms with van der Waals surface area (Å²) in [4.78, 5) is 3.89. The van der Waals surface area contributed by atoms with Crippen LogP contribution in [0.5, 0.6) is 0 Å². The highest BCUT2D eigenvalue weighted by Gasteiger charge is 2.28. The Labute approximate surface area is 319 Å². The zero-order valence-corrected chi connectivity index (χ0v) is 29.9. The van der Waals surface area contributed by atoms with Gasteiger partial charge in [0.2, 0.25) is 0 Å². The lowest BCUT2D eigenvalue weighted by atomic mass is 9.81. The van der Waals surface area contributed by atoms with Crippen molar-refractivity contribution in [1.82, 2.24) is 20.4 Å². The summed E-state index contributed by atoms with van der Waals surface area (Å²) >= 11 is 0. The molecule has 8 aromatic carbocycles. The van der Waals surface area contributed by atoms with E-state index in [2.05, 4.69) is 186 Å². The summed E-state index contributed by atoms with van der Waals surface area (Å²) < 4.78 is 0. The van der Waals surface area contributed by atoms with Crippen LogP contribution in [0.1, 0.15) is 0 Å². The average molecular weight is 703 g/mol. The summed E-state index contributed by atoms with van der Waals surface area (Å²) in [6.45, 7) is 0. The van der Waals surface area contributed by atoms with Gasteiger partial charge < -0.3 is 4.98 Å². The van der Waals surface area contributed by atoms with Crippen LogP contribution in [0.3, 0.4) is 0 Å². The zero-order chi connectivity index (χ0) is 36.6. The van der Waals surface area contributed by atoms with Gasteiger partial charge in [-0.3, -0.25) is 0 Å². The van der Waals surface area contributed by atoms with Gasteiger partial charge in [0.15, 0.2) is 0 Å². The normalized spacial score (nSPS) is 11.3. The van der Waals surface area contributed by atoms with E-state index in [1.807, 2.05) is 24.3 Å². The smallest absolute Gasteiger partial charge is 0.108 e. The van der Waals surface area contributed by atoms with Gasteiger partial charge in [-0.2, -0.15) is 0 Å². The van der Waals surface area contributed by atoms with Gasteiger partial charge in [-0.15, -0.1) is 10.2 Å². The van der Waals surface area contributed by atoms with Gasteiger partial charge in [0.1, 0.15) is 11.4 Å². The molecule has 0 aliphatic carbocycles. The summed E-state index contributed by atoms with van der Waals surface area (Å²) in [6.07, 6.45) is 0. The molecule has 2 heterocycles. The molecule has 4 heteroatoms. The molecule has 0 radical (unpaired) electrons. The molecule has 55 heavy (non-hydrogen) atoms. The largest absolute Gasteiger partial charge is 0.354 e. The van der Waals surface area contributed by atoms with Crippen molar-refractivity contribution < 1.29 is 0 Å². The minimum atomic E-state index is 0.758. The average Bonchev–Trinajstić information content (AvgIpc) is 3.65. The summed E-state index contributed by atoms with van der Waals surface area (Å²) in [7, 11) is 0. The fraction of sp³-hybridized carbons (Fsp3) is 0. The first kappa shape index (κ1) is 32.2. The molecule has 0 aliphatic rings. The van der Waals surface area contributed by atoms with Crippen LogP contribution in [0.4, 0.5) is 0 Å². The molecule has 0 amide bonds. The standard InChI is InChI=1S/C51H34N4/c1-5-19-34(20-6-1)38-27-13-15-29-40(38)43-33-44-41-30-17-18-32-45(41)52-50(44)48(47(43)42-31-16-14-28-39(42)35-21-7-2-8-22-35)51-46(36-23-9-3-10-24-36)49(53-55-54-51)37-25-11-4-12-26-37/h1-33,52H. The fourth-order valence-electron chi connectivity index (χ4n) is 8.05. The van der Waals surface area contributed by atoms with Gasteiger partial charge >= 0.3 is 0 Å². The predicted molar refractivity (Wildman–Crippen MR) is 227 cm³/mol. The Morgan fingerprint density at radius 3 is 1.42 bits per heavy atom. The summed E-state index contributed by atoms with van der Waals surface area (Å²) in [5.41, 5.74) is 16.4. The van der Waals surface area contributed by atoms with Gasteiger partial charge in [0.25, 0.3) is 0 Å². The van der Waals surface area contributed by atoms with Crippen LogP contribution in [-0.4, -0.2) is 20.4 Å². The van der Waals surface area contributed by atoms with Crippen LogP contribution < -0.4 is 0 Å². The molecular weight excluding hydrogens is 669 g/mol. The number of fused-ring (bicyclic) bond motifs is 3. The van der Waals surface area contributed by atoms with E-state index in [4.69, 9.17) is 10.2 Å². The number of H-pyrrole nitrogens is 1. The van der Waals surface area contributed by atoms with E-state index in [-0.39, 0.29) is 0 Å². The van der Waals surface area contributed by atoms with Gasteiger partial charge in [0.05, 0.1) is 5.52 Å². The molecule has 0 atom stereocenters. The molecule has 0 unspecified atom stereocenters. The first-order chi connectivity index (χ1) is 27.3. The van der Waals surface area contributed by atoms with Crippen LogP contribution in [-0.2, 0) is 0 Å². The van der Waals surface area contributed by atoms with Crippen molar-refractivity contribution in [2.75, 3.05) is 0 Å². The summed E-state index contributed by atoms with van der Waals surface area (Å²) in [6, 6.07) is 70.5. The van der Waals surface area contributed by atoms with Crippen molar-refractivity contribution in [3.8, 4) is 78.1 Å². The predicted octanol–water partition coefficient (Wildman–Crippen LogP) is 13.2. The topological polar surface area (TPSA) is 54.5 Å².